The van der Waals surface area contributed by atoms with E-state index in [4.69, 9.17) is 4.74 Å². The molecule has 1 N–H and O–H groups in total. The van der Waals surface area contributed by atoms with Crippen LogP contribution in [0.1, 0.15) is 31.3 Å². The highest BCUT2D eigenvalue weighted by Gasteiger charge is 2.21. The average Bonchev–Trinajstić information content (AvgIpc) is 2.73. The number of nitrogens with zero attached hydrogens (tertiary/aromatic N) is 1. The predicted molar refractivity (Wildman–Crippen MR) is 75.9 cm³/mol. The Bertz CT molecular complexity index is 443. The number of hydrogen-bond donors (Lipinski definition) is 1. The minimum absolute atomic E-state index is 0.0263. The van der Waals surface area contributed by atoms with Gasteiger partial charge in [0, 0.05) is 17.2 Å². The number of nitrogens with one attached hydrogen (secondary N) is 1. The molecule has 1 rings (SSSR count). The van der Waals surface area contributed by atoms with E-state index >= 15 is 0 Å². The monoisotopic (exact) mass is 330 g/mol. The summed E-state index contributed by atoms with van der Waals surface area (Å²) in [6.07, 6.45) is 1.69. The Hall–Kier alpha value is -1.30. The van der Waals surface area contributed by atoms with Crippen molar-refractivity contribution in [2.45, 2.75) is 20.8 Å². The lowest BCUT2D eigenvalue weighted by atomic mass is 10.2. The van der Waals surface area contributed by atoms with Gasteiger partial charge in [-0.05, 0) is 34.8 Å². The SMILES string of the molecule is CCOC(=O)CN(CC(C)C)C(=O)c1cc(Br)c[nH]1. The summed E-state index contributed by atoms with van der Waals surface area (Å²) in [7, 11) is 0. The fraction of sp³-hybridized carbons (Fsp3) is 0.538. The van der Waals surface area contributed by atoms with Gasteiger partial charge in [0.05, 0.1) is 6.61 Å². The zero-order chi connectivity index (χ0) is 14.4. The standard InChI is InChI=1S/C13H19BrN2O3/c1-4-19-12(17)8-16(7-9(2)3)13(18)11-5-10(14)6-15-11/h5-6,9,15H,4,7-8H2,1-3H3. The Morgan fingerprint density at radius 1 is 1.47 bits per heavy atom. The van der Waals surface area contributed by atoms with E-state index in [1.54, 1.807) is 19.2 Å². The molecule has 0 spiro atoms. The topological polar surface area (TPSA) is 62.4 Å². The lowest BCUT2D eigenvalue weighted by Crippen LogP contribution is -2.39. The number of ether oxygens (including phenoxy) is 1. The van der Waals surface area contributed by atoms with Crippen LogP contribution in [0.5, 0.6) is 0 Å². The second-order valence-electron chi connectivity index (χ2n) is 4.62. The average molecular weight is 331 g/mol. The molecular weight excluding hydrogens is 312 g/mol. The highest BCUT2D eigenvalue weighted by atomic mass is 79.9. The molecule has 1 aromatic heterocycles. The maximum absolute atomic E-state index is 12.3. The van der Waals surface area contributed by atoms with Gasteiger partial charge >= 0.3 is 5.97 Å². The van der Waals surface area contributed by atoms with Gasteiger partial charge in [-0.15, -0.1) is 0 Å². The van der Waals surface area contributed by atoms with Crippen LogP contribution in [-0.2, 0) is 9.53 Å². The van der Waals surface area contributed by atoms with Crippen LogP contribution in [0.4, 0.5) is 0 Å². The van der Waals surface area contributed by atoms with Crippen LogP contribution in [0.2, 0.25) is 0 Å². The zero-order valence-corrected chi connectivity index (χ0v) is 13.0. The summed E-state index contributed by atoms with van der Waals surface area (Å²) >= 11 is 3.28. The first kappa shape index (κ1) is 15.8. The lowest BCUT2D eigenvalue weighted by Gasteiger charge is -2.23. The number of aromatic amines is 1. The molecule has 0 atom stereocenters. The molecule has 106 valence electrons. The largest absolute Gasteiger partial charge is 0.465 e. The third kappa shape index (κ3) is 5.06. The molecule has 0 unspecified atom stereocenters. The number of amides is 1. The van der Waals surface area contributed by atoms with Gasteiger partial charge < -0.3 is 14.6 Å². The van der Waals surface area contributed by atoms with E-state index in [9.17, 15) is 9.59 Å². The molecule has 0 aliphatic heterocycles. The van der Waals surface area contributed by atoms with Crippen molar-refractivity contribution in [3.05, 3.63) is 22.4 Å². The molecule has 6 heteroatoms. The second-order valence-corrected chi connectivity index (χ2v) is 5.53. The molecule has 0 aliphatic carbocycles. The van der Waals surface area contributed by atoms with Crippen LogP contribution in [0.3, 0.4) is 0 Å². The number of aromatic nitrogens is 1. The van der Waals surface area contributed by atoms with Crippen molar-refractivity contribution in [3.8, 4) is 0 Å². The number of carbonyl (C=O) groups excluding carboxylic acids is 2. The van der Waals surface area contributed by atoms with E-state index in [-0.39, 0.29) is 24.3 Å². The summed E-state index contributed by atoms with van der Waals surface area (Å²) in [5.74, 6) is -0.314. The Morgan fingerprint density at radius 2 is 2.16 bits per heavy atom. The van der Waals surface area contributed by atoms with E-state index < -0.39 is 0 Å². The number of carbonyl (C=O) groups is 2. The second kappa shape index (κ2) is 7.33. The van der Waals surface area contributed by atoms with Crippen LogP contribution < -0.4 is 0 Å². The summed E-state index contributed by atoms with van der Waals surface area (Å²) < 4.78 is 5.70. The number of H-pyrrole nitrogens is 1. The number of hydrogen-bond acceptors (Lipinski definition) is 3. The van der Waals surface area contributed by atoms with Crippen molar-refractivity contribution in [2.75, 3.05) is 19.7 Å². The van der Waals surface area contributed by atoms with Crippen molar-refractivity contribution < 1.29 is 14.3 Å². The van der Waals surface area contributed by atoms with E-state index in [0.29, 0.717) is 18.8 Å². The van der Waals surface area contributed by atoms with Crippen LogP contribution in [0.15, 0.2) is 16.7 Å². The van der Waals surface area contributed by atoms with Gasteiger partial charge in [0.1, 0.15) is 12.2 Å². The molecule has 0 saturated carbocycles. The Kier molecular flexibility index (Phi) is 6.08. The molecule has 0 radical (unpaired) electrons. The van der Waals surface area contributed by atoms with Crippen LogP contribution in [0, 0.1) is 5.92 Å². The molecule has 0 bridgehead atoms. The maximum atomic E-state index is 12.3. The fourth-order valence-electron chi connectivity index (χ4n) is 1.68. The molecule has 5 nitrogen and oxygen atoms in total. The first-order chi connectivity index (χ1) is 8.93. The number of halogens is 1. The third-order valence-corrected chi connectivity index (χ3v) is 2.83. The smallest absolute Gasteiger partial charge is 0.325 e. The molecule has 1 heterocycles. The fourth-order valence-corrected chi connectivity index (χ4v) is 2.03. The van der Waals surface area contributed by atoms with Gasteiger partial charge in [-0.25, -0.2) is 0 Å². The zero-order valence-electron chi connectivity index (χ0n) is 11.4. The summed E-state index contributed by atoms with van der Waals surface area (Å²) in [5, 5.41) is 0. The predicted octanol–water partition coefficient (Wildman–Crippen LogP) is 2.44. The van der Waals surface area contributed by atoms with Gasteiger partial charge in [-0.3, -0.25) is 9.59 Å². The first-order valence-corrected chi connectivity index (χ1v) is 7.02. The van der Waals surface area contributed by atoms with Gasteiger partial charge in [0.15, 0.2) is 0 Å². The summed E-state index contributed by atoms with van der Waals surface area (Å²) in [4.78, 5) is 28.2. The van der Waals surface area contributed by atoms with Crippen molar-refractivity contribution in [2.24, 2.45) is 5.92 Å². The van der Waals surface area contributed by atoms with Crippen LogP contribution in [0.25, 0.3) is 0 Å². The number of esters is 1. The molecule has 1 amide bonds. The van der Waals surface area contributed by atoms with Gasteiger partial charge in [-0.1, -0.05) is 13.8 Å². The molecule has 1 aromatic rings. The highest BCUT2D eigenvalue weighted by molar-refractivity contribution is 9.10. The third-order valence-electron chi connectivity index (χ3n) is 2.38. The van der Waals surface area contributed by atoms with E-state index in [0.717, 1.165) is 4.47 Å². The minimum Gasteiger partial charge on any atom is -0.465 e. The van der Waals surface area contributed by atoms with Crippen molar-refractivity contribution in [3.63, 3.8) is 0 Å². The number of rotatable bonds is 6. The van der Waals surface area contributed by atoms with E-state index in [1.165, 1.54) is 4.90 Å². The van der Waals surface area contributed by atoms with Crippen molar-refractivity contribution in [1.82, 2.24) is 9.88 Å². The van der Waals surface area contributed by atoms with Gasteiger partial charge in [0.2, 0.25) is 0 Å². The molecule has 19 heavy (non-hydrogen) atoms. The van der Waals surface area contributed by atoms with Crippen LogP contribution >= 0.6 is 15.9 Å². The Morgan fingerprint density at radius 3 is 2.63 bits per heavy atom. The van der Waals surface area contributed by atoms with Gasteiger partial charge in [-0.2, -0.15) is 0 Å². The van der Waals surface area contributed by atoms with E-state index in [2.05, 4.69) is 20.9 Å². The molecule has 0 aromatic carbocycles. The minimum atomic E-state index is -0.387. The highest BCUT2D eigenvalue weighted by Crippen LogP contribution is 2.13. The summed E-state index contributed by atoms with van der Waals surface area (Å²) in [5.41, 5.74) is 0.455. The quantitative estimate of drug-likeness (QED) is 0.815. The normalized spacial score (nSPS) is 10.6. The van der Waals surface area contributed by atoms with E-state index in [1.807, 2.05) is 13.8 Å². The Balaban J connectivity index is 2.78. The Labute approximate surface area is 121 Å². The maximum Gasteiger partial charge on any atom is 0.325 e. The van der Waals surface area contributed by atoms with Crippen molar-refractivity contribution >= 4 is 27.8 Å². The molecular formula is C13H19BrN2O3. The summed E-state index contributed by atoms with van der Waals surface area (Å²) in [6, 6.07) is 1.70. The first-order valence-electron chi connectivity index (χ1n) is 6.22. The molecule has 0 fully saturated rings. The lowest BCUT2D eigenvalue weighted by molar-refractivity contribution is -0.143. The van der Waals surface area contributed by atoms with Gasteiger partial charge in [0.25, 0.3) is 5.91 Å². The van der Waals surface area contributed by atoms with Crippen molar-refractivity contribution in [1.29, 1.82) is 0 Å². The molecule has 0 saturated heterocycles. The molecule has 0 aliphatic rings. The summed E-state index contributed by atoms with van der Waals surface area (Å²) in [6.45, 7) is 6.53. The van der Waals surface area contributed by atoms with Crippen LogP contribution in [-0.4, -0.2) is 41.5 Å².